The number of amides is 1. The molecular weight excluding hydrogens is 342 g/mol. The molecule has 7 heteroatoms. The van der Waals surface area contributed by atoms with Gasteiger partial charge < -0.3 is 14.8 Å². The Hall–Kier alpha value is -2.67. The third-order valence-electron chi connectivity index (χ3n) is 3.56. The molecule has 1 fully saturated rings. The molecule has 1 aliphatic carbocycles. The van der Waals surface area contributed by atoms with E-state index in [4.69, 9.17) is 9.47 Å². The van der Waals surface area contributed by atoms with Crippen molar-refractivity contribution in [3.05, 3.63) is 52.9 Å². The van der Waals surface area contributed by atoms with Crippen molar-refractivity contribution in [3.63, 3.8) is 0 Å². The highest BCUT2D eigenvalue weighted by atomic mass is 32.1. The van der Waals surface area contributed by atoms with Crippen molar-refractivity contribution in [1.29, 1.82) is 0 Å². The molecule has 1 saturated carbocycles. The smallest absolute Gasteiger partial charge is 0.348 e. The van der Waals surface area contributed by atoms with Crippen molar-refractivity contribution in [2.45, 2.75) is 12.8 Å². The van der Waals surface area contributed by atoms with Gasteiger partial charge >= 0.3 is 11.9 Å². The molecule has 1 aliphatic rings. The minimum Gasteiger partial charge on any atom is -0.458 e. The van der Waals surface area contributed by atoms with Gasteiger partial charge in [-0.2, -0.15) is 0 Å². The zero-order valence-corrected chi connectivity index (χ0v) is 14.2. The lowest BCUT2D eigenvalue weighted by Crippen LogP contribution is -2.13. The molecule has 0 aliphatic heterocycles. The van der Waals surface area contributed by atoms with Gasteiger partial charge in [0.25, 0.3) is 0 Å². The number of nitrogens with one attached hydrogen (secondary N) is 1. The average molecular weight is 359 g/mol. The summed E-state index contributed by atoms with van der Waals surface area (Å²) in [6, 6.07) is 11.9. The van der Waals surface area contributed by atoms with Crippen molar-refractivity contribution >= 4 is 34.2 Å². The van der Waals surface area contributed by atoms with Crippen molar-refractivity contribution in [2.75, 3.05) is 18.5 Å². The average Bonchev–Trinajstić information content (AvgIpc) is 3.39. The van der Waals surface area contributed by atoms with Crippen LogP contribution in [0.5, 0.6) is 0 Å². The van der Waals surface area contributed by atoms with Gasteiger partial charge in [0.2, 0.25) is 5.91 Å². The molecule has 2 aromatic rings. The van der Waals surface area contributed by atoms with Gasteiger partial charge in [-0.1, -0.05) is 18.2 Å². The number of benzene rings is 1. The lowest BCUT2D eigenvalue weighted by atomic mass is 10.2. The molecule has 0 spiro atoms. The second-order valence-electron chi connectivity index (χ2n) is 5.57. The van der Waals surface area contributed by atoms with Gasteiger partial charge in [0, 0.05) is 5.92 Å². The third kappa shape index (κ3) is 4.90. The summed E-state index contributed by atoms with van der Waals surface area (Å²) in [6.45, 7) is -0.0464. The van der Waals surface area contributed by atoms with E-state index in [9.17, 15) is 14.4 Å². The number of ether oxygens (including phenoxy) is 2. The van der Waals surface area contributed by atoms with Crippen LogP contribution in [0.15, 0.2) is 42.5 Å². The van der Waals surface area contributed by atoms with Crippen LogP contribution in [0.3, 0.4) is 0 Å². The number of anilines is 1. The highest BCUT2D eigenvalue weighted by molar-refractivity contribution is 7.18. The van der Waals surface area contributed by atoms with E-state index in [0.717, 1.165) is 24.2 Å². The molecule has 1 N–H and O–H groups in total. The van der Waals surface area contributed by atoms with E-state index >= 15 is 0 Å². The zero-order valence-electron chi connectivity index (χ0n) is 13.4. The van der Waals surface area contributed by atoms with E-state index in [1.165, 1.54) is 0 Å². The summed E-state index contributed by atoms with van der Waals surface area (Å²) in [6.07, 6.45) is 1.85. The van der Waals surface area contributed by atoms with E-state index < -0.39 is 11.9 Å². The fraction of sp³-hybridized carbons (Fsp3) is 0.278. The quantitative estimate of drug-likeness (QED) is 0.607. The van der Waals surface area contributed by atoms with Crippen LogP contribution < -0.4 is 5.32 Å². The number of carbonyl (C=O) groups excluding carboxylic acids is 3. The predicted octanol–water partition coefficient (Wildman–Crippen LogP) is 3.11. The monoisotopic (exact) mass is 359 g/mol. The van der Waals surface area contributed by atoms with Crippen LogP contribution in [-0.4, -0.2) is 31.1 Å². The van der Waals surface area contributed by atoms with E-state index in [1.54, 1.807) is 42.5 Å². The summed E-state index contributed by atoms with van der Waals surface area (Å²) in [5.41, 5.74) is 0.447. The Labute approximate surface area is 148 Å². The highest BCUT2D eigenvalue weighted by Crippen LogP contribution is 2.31. The van der Waals surface area contributed by atoms with Gasteiger partial charge in [-0.25, -0.2) is 9.59 Å². The van der Waals surface area contributed by atoms with Crippen LogP contribution in [0, 0.1) is 5.92 Å². The summed E-state index contributed by atoms with van der Waals surface area (Å²) in [4.78, 5) is 35.7. The maximum absolute atomic E-state index is 11.9. The molecule has 1 aromatic carbocycles. The predicted molar refractivity (Wildman–Crippen MR) is 92.7 cm³/mol. The van der Waals surface area contributed by atoms with Crippen molar-refractivity contribution in [1.82, 2.24) is 0 Å². The fourth-order valence-corrected chi connectivity index (χ4v) is 2.88. The second kappa shape index (κ2) is 7.94. The number of esters is 2. The number of hydrogen-bond donors (Lipinski definition) is 1. The molecule has 1 amide bonds. The van der Waals surface area contributed by atoms with Crippen LogP contribution >= 0.6 is 11.3 Å². The first kappa shape index (κ1) is 17.2. The molecule has 0 saturated heterocycles. The number of hydrogen-bond acceptors (Lipinski definition) is 6. The van der Waals surface area contributed by atoms with Crippen LogP contribution in [0.1, 0.15) is 32.9 Å². The van der Waals surface area contributed by atoms with Gasteiger partial charge in [-0.15, -0.1) is 11.3 Å². The van der Waals surface area contributed by atoms with Crippen LogP contribution in [-0.2, 0) is 14.3 Å². The largest absolute Gasteiger partial charge is 0.458 e. The van der Waals surface area contributed by atoms with E-state index in [0.29, 0.717) is 15.4 Å². The second-order valence-corrected chi connectivity index (χ2v) is 6.65. The lowest BCUT2D eigenvalue weighted by molar-refractivity contribution is -0.117. The van der Waals surface area contributed by atoms with Crippen molar-refractivity contribution in [2.24, 2.45) is 5.92 Å². The first-order chi connectivity index (χ1) is 12.1. The Balaban J connectivity index is 1.39. The number of carbonyl (C=O) groups is 3. The summed E-state index contributed by atoms with van der Waals surface area (Å²) >= 11 is 1.16. The third-order valence-corrected chi connectivity index (χ3v) is 4.54. The normalized spacial score (nSPS) is 13.1. The van der Waals surface area contributed by atoms with Crippen LogP contribution in [0.2, 0.25) is 0 Å². The Morgan fingerprint density at radius 1 is 0.960 bits per heavy atom. The first-order valence-electron chi connectivity index (χ1n) is 7.93. The Kier molecular flexibility index (Phi) is 5.45. The summed E-state index contributed by atoms with van der Waals surface area (Å²) in [7, 11) is 0. The lowest BCUT2D eigenvalue weighted by Gasteiger charge is -2.05. The van der Waals surface area contributed by atoms with E-state index in [1.807, 2.05) is 0 Å². The maximum Gasteiger partial charge on any atom is 0.348 e. The molecule has 1 heterocycles. The minimum absolute atomic E-state index is 0.00501. The molecular formula is C18H17NO5S. The van der Waals surface area contributed by atoms with Gasteiger partial charge in [0.05, 0.1) is 10.6 Å². The molecule has 0 bridgehead atoms. The molecule has 6 nitrogen and oxygen atoms in total. The van der Waals surface area contributed by atoms with Gasteiger partial charge in [-0.3, -0.25) is 4.79 Å². The van der Waals surface area contributed by atoms with Crippen LogP contribution in [0.4, 0.5) is 5.00 Å². The topological polar surface area (TPSA) is 81.7 Å². The van der Waals surface area contributed by atoms with Gasteiger partial charge in [-0.05, 0) is 37.1 Å². The Morgan fingerprint density at radius 3 is 2.32 bits per heavy atom. The maximum atomic E-state index is 11.9. The molecule has 0 atom stereocenters. The molecule has 3 rings (SSSR count). The zero-order chi connectivity index (χ0) is 17.6. The van der Waals surface area contributed by atoms with Crippen molar-refractivity contribution in [3.8, 4) is 0 Å². The molecule has 130 valence electrons. The van der Waals surface area contributed by atoms with Crippen molar-refractivity contribution < 1.29 is 23.9 Å². The standard InChI is InChI=1S/C18H17NO5S/c20-16(12-6-7-12)19-15-9-8-14(25-15)18(22)24-11-10-23-17(21)13-4-2-1-3-5-13/h1-5,8-9,12H,6-7,10-11H2,(H,19,20). The number of thiophene rings is 1. The SMILES string of the molecule is O=C(OCCOC(=O)c1ccc(NC(=O)C2CC2)s1)c1ccccc1. The summed E-state index contributed by atoms with van der Waals surface area (Å²) < 4.78 is 10.1. The van der Waals surface area contributed by atoms with Crippen LogP contribution in [0.25, 0.3) is 0 Å². The molecule has 1 aromatic heterocycles. The molecule has 0 radical (unpaired) electrons. The van der Waals surface area contributed by atoms with Gasteiger partial charge in [0.1, 0.15) is 18.1 Å². The Bertz CT molecular complexity index is 767. The highest BCUT2D eigenvalue weighted by Gasteiger charge is 2.29. The minimum atomic E-state index is -0.507. The van der Waals surface area contributed by atoms with E-state index in [-0.39, 0.29) is 25.0 Å². The van der Waals surface area contributed by atoms with Gasteiger partial charge in [0.15, 0.2) is 0 Å². The van der Waals surface area contributed by atoms with E-state index in [2.05, 4.69) is 5.32 Å². The molecule has 0 unspecified atom stereocenters. The summed E-state index contributed by atoms with van der Waals surface area (Å²) in [5.74, 6) is -0.864. The fourth-order valence-electron chi connectivity index (χ4n) is 2.08. The first-order valence-corrected chi connectivity index (χ1v) is 8.75. The number of rotatable bonds is 7. The summed E-state index contributed by atoms with van der Waals surface area (Å²) in [5, 5.41) is 3.41. The Morgan fingerprint density at radius 2 is 1.64 bits per heavy atom. The molecule has 25 heavy (non-hydrogen) atoms.